The lowest BCUT2D eigenvalue weighted by Crippen LogP contribution is -2.19. The minimum Gasteiger partial charge on any atom is -0.490 e. The second-order valence-corrected chi connectivity index (χ2v) is 3.28. The number of ether oxygens (including phenoxy) is 2. The van der Waals surface area contributed by atoms with Crippen LogP contribution in [0.1, 0.15) is 6.92 Å². The van der Waals surface area contributed by atoms with Crippen LogP contribution >= 0.6 is 0 Å². The fraction of sp³-hybridized carbons (Fsp3) is 0.600. The second-order valence-electron chi connectivity index (χ2n) is 3.28. The third kappa shape index (κ3) is 2.96. The van der Waals surface area contributed by atoms with Crippen LogP contribution in [0.2, 0.25) is 0 Å². The molecule has 0 aromatic carbocycles. The number of hydrogen-bond donors (Lipinski definition) is 2. The highest BCUT2D eigenvalue weighted by atomic mass is 16.5. The lowest BCUT2D eigenvalue weighted by atomic mass is 10.4. The number of methoxy groups -OCH3 is 2. The molecule has 0 radical (unpaired) electrons. The first-order valence-electron chi connectivity index (χ1n) is 5.06. The zero-order valence-corrected chi connectivity index (χ0v) is 10.1. The van der Waals surface area contributed by atoms with Crippen molar-refractivity contribution in [2.24, 2.45) is 0 Å². The van der Waals surface area contributed by atoms with Gasteiger partial charge in [0.05, 0.1) is 13.2 Å². The highest BCUT2D eigenvalue weighted by molar-refractivity contribution is 5.63. The van der Waals surface area contributed by atoms with Gasteiger partial charge in [0.1, 0.15) is 6.33 Å². The molecule has 0 aliphatic carbocycles. The minimum atomic E-state index is 0.109. The van der Waals surface area contributed by atoms with Crippen molar-refractivity contribution in [2.45, 2.75) is 13.0 Å². The van der Waals surface area contributed by atoms with E-state index in [2.05, 4.69) is 20.6 Å². The van der Waals surface area contributed by atoms with Crippen molar-refractivity contribution in [3.8, 4) is 5.75 Å². The first-order valence-corrected chi connectivity index (χ1v) is 5.06. The zero-order valence-electron chi connectivity index (χ0n) is 10.1. The first kappa shape index (κ1) is 12.5. The van der Waals surface area contributed by atoms with Crippen molar-refractivity contribution in [2.75, 3.05) is 38.4 Å². The molecule has 0 saturated carbocycles. The molecule has 1 aromatic heterocycles. The maximum Gasteiger partial charge on any atom is 0.204 e. The van der Waals surface area contributed by atoms with Crippen LogP contribution in [-0.2, 0) is 4.74 Å². The number of aromatic nitrogens is 2. The highest BCUT2D eigenvalue weighted by Crippen LogP contribution is 2.28. The first-order chi connectivity index (χ1) is 7.72. The Morgan fingerprint density at radius 2 is 2.00 bits per heavy atom. The number of hydrogen-bond acceptors (Lipinski definition) is 6. The van der Waals surface area contributed by atoms with E-state index in [1.54, 1.807) is 21.3 Å². The van der Waals surface area contributed by atoms with E-state index in [0.29, 0.717) is 23.9 Å². The molecule has 16 heavy (non-hydrogen) atoms. The van der Waals surface area contributed by atoms with E-state index in [-0.39, 0.29) is 6.10 Å². The van der Waals surface area contributed by atoms with Gasteiger partial charge in [-0.2, -0.15) is 0 Å². The summed E-state index contributed by atoms with van der Waals surface area (Å²) in [5.74, 6) is 1.92. The molecule has 90 valence electrons. The maximum atomic E-state index is 5.24. The van der Waals surface area contributed by atoms with Gasteiger partial charge in [-0.15, -0.1) is 0 Å². The fourth-order valence-corrected chi connectivity index (χ4v) is 1.19. The predicted octanol–water partition coefficient (Wildman–Crippen LogP) is 0.974. The van der Waals surface area contributed by atoms with Crippen LogP contribution in [0.25, 0.3) is 0 Å². The van der Waals surface area contributed by atoms with E-state index in [1.807, 2.05) is 6.92 Å². The van der Waals surface area contributed by atoms with E-state index in [9.17, 15) is 0 Å². The van der Waals surface area contributed by atoms with Crippen molar-refractivity contribution in [1.29, 1.82) is 0 Å². The summed E-state index contributed by atoms with van der Waals surface area (Å²) in [6.45, 7) is 2.63. The van der Waals surface area contributed by atoms with E-state index >= 15 is 0 Å². The molecule has 0 amide bonds. The topological polar surface area (TPSA) is 68.3 Å². The van der Waals surface area contributed by atoms with Crippen molar-refractivity contribution in [3.63, 3.8) is 0 Å². The molecule has 1 atom stereocenters. The standard InChI is InChI=1S/C10H18N4O2/c1-7(15-3)5-12-10-8(16-4)9(11-2)13-6-14-10/h6-7H,5H2,1-4H3,(H2,11,12,13,14). The summed E-state index contributed by atoms with van der Waals surface area (Å²) in [5, 5.41) is 6.09. The third-order valence-electron chi connectivity index (χ3n) is 2.20. The van der Waals surface area contributed by atoms with Gasteiger partial charge < -0.3 is 20.1 Å². The molecule has 0 bridgehead atoms. The Labute approximate surface area is 95.4 Å². The number of nitrogens with zero attached hydrogens (tertiary/aromatic N) is 2. The van der Waals surface area contributed by atoms with Gasteiger partial charge in [-0.3, -0.25) is 0 Å². The summed E-state index contributed by atoms with van der Waals surface area (Å²) < 4.78 is 10.4. The molecule has 1 heterocycles. The lowest BCUT2D eigenvalue weighted by Gasteiger charge is -2.14. The third-order valence-corrected chi connectivity index (χ3v) is 2.20. The van der Waals surface area contributed by atoms with Crippen LogP contribution in [0.4, 0.5) is 11.6 Å². The van der Waals surface area contributed by atoms with Gasteiger partial charge in [-0.05, 0) is 6.92 Å². The summed E-state index contributed by atoms with van der Waals surface area (Å²) in [6, 6.07) is 0. The monoisotopic (exact) mass is 226 g/mol. The van der Waals surface area contributed by atoms with Gasteiger partial charge >= 0.3 is 0 Å². The summed E-state index contributed by atoms with van der Waals surface area (Å²) >= 11 is 0. The Bertz CT molecular complexity index is 333. The SMILES string of the molecule is CNc1ncnc(NCC(C)OC)c1OC. The zero-order chi connectivity index (χ0) is 12.0. The molecule has 0 aliphatic heterocycles. The molecular formula is C10H18N4O2. The number of nitrogens with one attached hydrogen (secondary N) is 2. The van der Waals surface area contributed by atoms with Gasteiger partial charge in [-0.1, -0.05) is 0 Å². The Morgan fingerprint density at radius 1 is 1.31 bits per heavy atom. The average molecular weight is 226 g/mol. The van der Waals surface area contributed by atoms with Gasteiger partial charge in [0, 0.05) is 20.7 Å². The Hall–Kier alpha value is -1.56. The molecule has 0 spiro atoms. The number of anilines is 2. The smallest absolute Gasteiger partial charge is 0.204 e. The molecule has 0 fully saturated rings. The molecular weight excluding hydrogens is 208 g/mol. The molecule has 1 aromatic rings. The largest absolute Gasteiger partial charge is 0.490 e. The predicted molar refractivity (Wildman–Crippen MR) is 63.1 cm³/mol. The molecule has 1 rings (SSSR count). The maximum absolute atomic E-state index is 5.24. The van der Waals surface area contributed by atoms with Crippen LogP contribution < -0.4 is 15.4 Å². The molecule has 1 unspecified atom stereocenters. The summed E-state index contributed by atoms with van der Waals surface area (Å²) in [5.41, 5.74) is 0. The molecule has 6 heteroatoms. The molecule has 0 aliphatic rings. The number of rotatable bonds is 6. The second kappa shape index (κ2) is 6.12. The Kier molecular flexibility index (Phi) is 4.78. The van der Waals surface area contributed by atoms with Gasteiger partial charge in [-0.25, -0.2) is 9.97 Å². The van der Waals surface area contributed by atoms with E-state index in [0.717, 1.165) is 0 Å². The highest BCUT2D eigenvalue weighted by Gasteiger charge is 2.11. The fourth-order valence-electron chi connectivity index (χ4n) is 1.19. The summed E-state index contributed by atoms with van der Waals surface area (Å²) in [7, 11) is 5.04. The van der Waals surface area contributed by atoms with Crippen molar-refractivity contribution in [1.82, 2.24) is 9.97 Å². The van der Waals surface area contributed by atoms with Gasteiger partial charge in [0.25, 0.3) is 0 Å². The Balaban J connectivity index is 2.78. The van der Waals surface area contributed by atoms with E-state index in [1.165, 1.54) is 6.33 Å². The quantitative estimate of drug-likeness (QED) is 0.753. The molecule has 2 N–H and O–H groups in total. The van der Waals surface area contributed by atoms with Crippen molar-refractivity contribution < 1.29 is 9.47 Å². The summed E-state index contributed by atoms with van der Waals surface area (Å²) in [4.78, 5) is 8.18. The van der Waals surface area contributed by atoms with Crippen molar-refractivity contribution in [3.05, 3.63) is 6.33 Å². The van der Waals surface area contributed by atoms with Gasteiger partial charge in [0.2, 0.25) is 5.75 Å². The van der Waals surface area contributed by atoms with E-state index in [4.69, 9.17) is 9.47 Å². The molecule has 6 nitrogen and oxygen atoms in total. The summed E-state index contributed by atoms with van der Waals surface area (Å²) in [6.07, 6.45) is 1.59. The van der Waals surface area contributed by atoms with Crippen molar-refractivity contribution >= 4 is 11.6 Å². The lowest BCUT2D eigenvalue weighted by molar-refractivity contribution is 0.128. The van der Waals surface area contributed by atoms with Gasteiger partial charge in [0.15, 0.2) is 11.6 Å². The average Bonchev–Trinajstić information content (AvgIpc) is 2.34. The van der Waals surface area contributed by atoms with Crippen LogP contribution in [0.15, 0.2) is 6.33 Å². The minimum absolute atomic E-state index is 0.109. The van der Waals surface area contributed by atoms with Crippen LogP contribution in [0.5, 0.6) is 5.75 Å². The normalized spacial score (nSPS) is 12.0. The van der Waals surface area contributed by atoms with E-state index < -0.39 is 0 Å². The molecule has 0 saturated heterocycles. The Morgan fingerprint density at radius 3 is 2.56 bits per heavy atom. The van der Waals surface area contributed by atoms with Crippen LogP contribution in [-0.4, -0.2) is 43.9 Å². The van der Waals surface area contributed by atoms with Crippen LogP contribution in [0.3, 0.4) is 0 Å². The van der Waals surface area contributed by atoms with Crippen LogP contribution in [0, 0.1) is 0 Å².